The molecule has 0 amide bonds. The van der Waals surface area contributed by atoms with Gasteiger partial charge in [-0.25, -0.2) is 17.6 Å². The summed E-state index contributed by atoms with van der Waals surface area (Å²) >= 11 is 0. The molecule has 0 bridgehead atoms. The second-order valence-corrected chi connectivity index (χ2v) is 4.64. The lowest BCUT2D eigenvalue weighted by Crippen LogP contribution is -2.22. The van der Waals surface area contributed by atoms with Crippen LogP contribution in [0.1, 0.15) is 36.8 Å². The van der Waals surface area contributed by atoms with Crippen molar-refractivity contribution in [2.24, 2.45) is 5.73 Å². The van der Waals surface area contributed by atoms with Crippen molar-refractivity contribution in [2.45, 2.75) is 37.6 Å². The normalized spacial score (nSPS) is 17.5. The van der Waals surface area contributed by atoms with Gasteiger partial charge >= 0.3 is 0 Å². The Balaban J connectivity index is 2.19. The van der Waals surface area contributed by atoms with Gasteiger partial charge in [0.05, 0.1) is 0 Å². The Bertz CT molecular complexity index is 427. The molecule has 1 aliphatic carbocycles. The van der Waals surface area contributed by atoms with E-state index in [2.05, 4.69) is 0 Å². The molecule has 1 saturated carbocycles. The van der Waals surface area contributed by atoms with Gasteiger partial charge in [0.15, 0.2) is 11.6 Å². The lowest BCUT2D eigenvalue weighted by atomic mass is 10.0. The number of nitrogens with two attached hydrogens (primary N) is 1. The van der Waals surface area contributed by atoms with E-state index in [0.29, 0.717) is 12.5 Å². The summed E-state index contributed by atoms with van der Waals surface area (Å²) in [5.74, 6) is -2.27. The summed E-state index contributed by atoms with van der Waals surface area (Å²) in [6.45, 7) is 0. The topological polar surface area (TPSA) is 26.0 Å². The fourth-order valence-corrected chi connectivity index (χ4v) is 1.77. The molecule has 0 heterocycles. The van der Waals surface area contributed by atoms with Crippen LogP contribution >= 0.6 is 0 Å². The third-order valence-corrected chi connectivity index (χ3v) is 3.16. The largest absolute Gasteiger partial charge is 0.325 e. The molecular formula is C12H13F4N. The number of alkyl halides is 2. The average Bonchev–Trinajstić information content (AvgIpc) is 2.99. The molecular weight excluding hydrogens is 234 g/mol. The zero-order chi connectivity index (χ0) is 12.6. The molecule has 1 fully saturated rings. The van der Waals surface area contributed by atoms with Crippen molar-refractivity contribution < 1.29 is 17.6 Å². The first-order valence-electron chi connectivity index (χ1n) is 5.46. The van der Waals surface area contributed by atoms with Gasteiger partial charge in [-0.2, -0.15) is 0 Å². The van der Waals surface area contributed by atoms with Crippen molar-refractivity contribution in [1.82, 2.24) is 0 Å². The zero-order valence-corrected chi connectivity index (χ0v) is 9.15. The molecule has 0 aromatic heterocycles. The van der Waals surface area contributed by atoms with Crippen LogP contribution in [0.4, 0.5) is 17.6 Å². The Labute approximate surface area is 96.6 Å². The first-order chi connectivity index (χ1) is 7.91. The number of hydrogen-bond donors (Lipinski definition) is 1. The summed E-state index contributed by atoms with van der Waals surface area (Å²) in [5.41, 5.74) is 5.01. The predicted molar refractivity (Wildman–Crippen MR) is 55.8 cm³/mol. The lowest BCUT2D eigenvalue weighted by Gasteiger charge is -2.11. The Morgan fingerprint density at radius 3 is 2.41 bits per heavy atom. The molecule has 1 aromatic rings. The lowest BCUT2D eigenvalue weighted by molar-refractivity contribution is 0.150. The monoisotopic (exact) mass is 247 g/mol. The summed E-state index contributed by atoms with van der Waals surface area (Å²) in [6.07, 6.45) is -0.399. The van der Waals surface area contributed by atoms with Crippen LogP contribution in [0.3, 0.4) is 0 Å². The molecule has 17 heavy (non-hydrogen) atoms. The molecule has 0 spiro atoms. The average molecular weight is 247 g/mol. The van der Waals surface area contributed by atoms with E-state index >= 15 is 0 Å². The van der Waals surface area contributed by atoms with Crippen LogP contribution in [0, 0.1) is 11.6 Å². The van der Waals surface area contributed by atoms with E-state index in [1.807, 2.05) is 0 Å². The SMILES string of the molecule is NC1(CCc2cc(C(F)F)cc(F)c2F)CC1. The molecule has 94 valence electrons. The van der Waals surface area contributed by atoms with E-state index in [0.717, 1.165) is 18.9 Å². The molecule has 0 aliphatic heterocycles. The van der Waals surface area contributed by atoms with Gasteiger partial charge in [-0.3, -0.25) is 0 Å². The van der Waals surface area contributed by atoms with E-state index in [1.54, 1.807) is 0 Å². The first-order valence-corrected chi connectivity index (χ1v) is 5.46. The standard InChI is InChI=1S/C12H13F4N/c13-9-6-8(11(15)16)5-7(10(9)14)1-2-12(17)3-4-12/h5-6,11H,1-4,17H2. The molecule has 2 rings (SSSR count). The van der Waals surface area contributed by atoms with Gasteiger partial charge in [-0.05, 0) is 43.4 Å². The van der Waals surface area contributed by atoms with Crippen LogP contribution in [0.25, 0.3) is 0 Å². The smallest absolute Gasteiger partial charge is 0.263 e. The molecule has 2 N–H and O–H groups in total. The molecule has 0 unspecified atom stereocenters. The van der Waals surface area contributed by atoms with E-state index in [4.69, 9.17) is 5.73 Å². The summed E-state index contributed by atoms with van der Waals surface area (Å²) in [6, 6.07) is 1.56. The van der Waals surface area contributed by atoms with Gasteiger partial charge in [-0.15, -0.1) is 0 Å². The molecule has 0 radical (unpaired) electrons. The molecule has 1 nitrogen and oxygen atoms in total. The molecule has 1 aliphatic rings. The Kier molecular flexibility index (Phi) is 3.12. The van der Waals surface area contributed by atoms with Crippen molar-refractivity contribution in [3.8, 4) is 0 Å². The van der Waals surface area contributed by atoms with Crippen molar-refractivity contribution in [3.05, 3.63) is 34.9 Å². The van der Waals surface area contributed by atoms with Crippen LogP contribution in [0.2, 0.25) is 0 Å². The number of benzene rings is 1. The third-order valence-electron chi connectivity index (χ3n) is 3.16. The van der Waals surface area contributed by atoms with Gasteiger partial charge in [0.2, 0.25) is 0 Å². The van der Waals surface area contributed by atoms with Crippen LogP contribution < -0.4 is 5.73 Å². The first kappa shape index (κ1) is 12.4. The summed E-state index contributed by atoms with van der Waals surface area (Å²) in [4.78, 5) is 0. The minimum Gasteiger partial charge on any atom is -0.325 e. The summed E-state index contributed by atoms with van der Waals surface area (Å²) in [7, 11) is 0. The van der Waals surface area contributed by atoms with Crippen LogP contribution in [-0.2, 0) is 6.42 Å². The van der Waals surface area contributed by atoms with Crippen molar-refractivity contribution >= 4 is 0 Å². The second-order valence-electron chi connectivity index (χ2n) is 4.64. The minimum atomic E-state index is -2.79. The maximum atomic E-state index is 13.4. The molecule has 5 heteroatoms. The predicted octanol–water partition coefficient (Wildman–Crippen LogP) is 3.33. The number of hydrogen-bond acceptors (Lipinski definition) is 1. The number of rotatable bonds is 4. The molecule has 0 saturated heterocycles. The van der Waals surface area contributed by atoms with E-state index < -0.39 is 23.6 Å². The van der Waals surface area contributed by atoms with Crippen LogP contribution in [0.5, 0.6) is 0 Å². The van der Waals surface area contributed by atoms with Crippen LogP contribution in [-0.4, -0.2) is 5.54 Å². The van der Waals surface area contributed by atoms with Gasteiger partial charge in [0.25, 0.3) is 6.43 Å². The fourth-order valence-electron chi connectivity index (χ4n) is 1.77. The quantitative estimate of drug-likeness (QED) is 0.811. The molecule has 1 aromatic carbocycles. The van der Waals surface area contributed by atoms with E-state index in [9.17, 15) is 17.6 Å². The van der Waals surface area contributed by atoms with E-state index in [-0.39, 0.29) is 17.5 Å². The summed E-state index contributed by atoms with van der Waals surface area (Å²) in [5, 5.41) is 0. The van der Waals surface area contributed by atoms with Gasteiger partial charge in [-0.1, -0.05) is 0 Å². The van der Waals surface area contributed by atoms with Crippen molar-refractivity contribution in [1.29, 1.82) is 0 Å². The Morgan fingerprint density at radius 1 is 1.24 bits per heavy atom. The maximum absolute atomic E-state index is 13.4. The second kappa shape index (κ2) is 4.29. The fraction of sp³-hybridized carbons (Fsp3) is 0.500. The zero-order valence-electron chi connectivity index (χ0n) is 9.15. The van der Waals surface area contributed by atoms with Crippen molar-refractivity contribution in [2.75, 3.05) is 0 Å². The van der Waals surface area contributed by atoms with Crippen LogP contribution in [0.15, 0.2) is 12.1 Å². The Morgan fingerprint density at radius 2 is 1.88 bits per heavy atom. The minimum absolute atomic E-state index is 0.0166. The van der Waals surface area contributed by atoms with Crippen molar-refractivity contribution in [3.63, 3.8) is 0 Å². The molecule has 0 atom stereocenters. The van der Waals surface area contributed by atoms with Gasteiger partial charge < -0.3 is 5.73 Å². The third kappa shape index (κ3) is 2.77. The van der Waals surface area contributed by atoms with E-state index in [1.165, 1.54) is 0 Å². The highest BCUT2D eigenvalue weighted by Gasteiger charge is 2.37. The highest BCUT2D eigenvalue weighted by molar-refractivity contribution is 5.28. The highest BCUT2D eigenvalue weighted by atomic mass is 19.3. The van der Waals surface area contributed by atoms with Gasteiger partial charge in [0, 0.05) is 11.1 Å². The Hall–Kier alpha value is -1.10. The highest BCUT2D eigenvalue weighted by Crippen LogP contribution is 2.37. The van der Waals surface area contributed by atoms with Gasteiger partial charge in [0.1, 0.15) is 0 Å². The number of aryl methyl sites for hydroxylation is 1. The summed E-state index contributed by atoms with van der Waals surface area (Å²) < 4.78 is 51.3. The number of halogens is 4. The maximum Gasteiger partial charge on any atom is 0.263 e.